The third-order valence-electron chi connectivity index (χ3n) is 5.56. The van der Waals surface area contributed by atoms with Crippen LogP contribution in [0.5, 0.6) is 0 Å². The van der Waals surface area contributed by atoms with Crippen molar-refractivity contribution in [1.82, 2.24) is 10.2 Å². The van der Waals surface area contributed by atoms with Crippen LogP contribution in [0.15, 0.2) is 42.5 Å². The van der Waals surface area contributed by atoms with Gasteiger partial charge in [0, 0.05) is 13.1 Å². The number of carbonyl (C=O) groups excluding carboxylic acids is 2. The highest BCUT2D eigenvalue weighted by molar-refractivity contribution is 7.92. The van der Waals surface area contributed by atoms with Crippen molar-refractivity contribution in [2.75, 3.05) is 23.7 Å². The van der Waals surface area contributed by atoms with Crippen molar-refractivity contribution in [1.29, 1.82) is 0 Å². The summed E-state index contributed by atoms with van der Waals surface area (Å²) in [5.41, 5.74) is 1.91. The molecule has 10 heteroatoms. The van der Waals surface area contributed by atoms with Crippen LogP contribution in [0.3, 0.4) is 0 Å². The van der Waals surface area contributed by atoms with Crippen molar-refractivity contribution in [3.63, 3.8) is 0 Å². The minimum atomic E-state index is -3.80. The van der Waals surface area contributed by atoms with Crippen LogP contribution in [0.2, 0.25) is 10.0 Å². The Morgan fingerprint density at radius 2 is 1.69 bits per heavy atom. The summed E-state index contributed by atoms with van der Waals surface area (Å²) in [6.07, 6.45) is 1.81. The number of nitrogens with zero attached hydrogens (tertiary/aromatic N) is 2. The molecule has 0 fully saturated rings. The van der Waals surface area contributed by atoms with E-state index in [-0.39, 0.29) is 18.4 Å². The maximum Gasteiger partial charge on any atom is 0.244 e. The third-order valence-corrected chi connectivity index (χ3v) is 7.43. The highest BCUT2D eigenvalue weighted by Crippen LogP contribution is 2.29. The van der Waals surface area contributed by atoms with Gasteiger partial charge in [-0.15, -0.1) is 0 Å². The van der Waals surface area contributed by atoms with E-state index in [0.29, 0.717) is 27.8 Å². The van der Waals surface area contributed by atoms with Crippen LogP contribution >= 0.6 is 23.2 Å². The van der Waals surface area contributed by atoms with E-state index >= 15 is 0 Å². The van der Waals surface area contributed by atoms with Crippen molar-refractivity contribution in [3.8, 4) is 0 Å². The lowest BCUT2D eigenvalue weighted by Crippen LogP contribution is -2.51. The Bertz CT molecular complexity index is 1160. The second kappa shape index (κ2) is 12.6. The summed E-state index contributed by atoms with van der Waals surface area (Å²) in [5, 5.41) is 3.49. The molecule has 0 heterocycles. The van der Waals surface area contributed by atoms with Crippen molar-refractivity contribution in [2.45, 2.75) is 52.6 Å². The molecule has 0 spiro atoms. The monoisotopic (exact) mass is 541 g/mol. The predicted molar refractivity (Wildman–Crippen MR) is 142 cm³/mol. The Hall–Kier alpha value is -2.29. The molecule has 1 atom stereocenters. The minimum absolute atomic E-state index is 0.0385. The van der Waals surface area contributed by atoms with Gasteiger partial charge in [-0.05, 0) is 48.6 Å². The quantitative estimate of drug-likeness (QED) is 0.441. The molecule has 2 aromatic rings. The van der Waals surface area contributed by atoms with E-state index in [0.717, 1.165) is 22.5 Å². The standard InChI is InChI=1S/C25H33Cl2N3O4S/c1-6-13-28-25(32)18(4)29(15-19-11-12-21(26)22(27)14-19)24(31)16-30(35(5,33)34)23-10-8-7-9-20(23)17(2)3/h7-12,14,17-18H,6,13,15-16H2,1-5H3,(H,28,32). The van der Waals surface area contributed by atoms with Gasteiger partial charge in [0.05, 0.1) is 22.0 Å². The molecule has 2 rings (SSSR count). The number of para-hydroxylation sites is 1. The number of anilines is 1. The lowest BCUT2D eigenvalue weighted by Gasteiger charge is -2.32. The molecule has 2 aromatic carbocycles. The molecule has 1 N–H and O–H groups in total. The molecular weight excluding hydrogens is 509 g/mol. The zero-order chi connectivity index (χ0) is 26.3. The normalized spacial score (nSPS) is 12.3. The van der Waals surface area contributed by atoms with Gasteiger partial charge in [0.25, 0.3) is 0 Å². The average Bonchev–Trinajstić information content (AvgIpc) is 2.80. The summed E-state index contributed by atoms with van der Waals surface area (Å²) in [6.45, 7) is 7.53. The van der Waals surface area contributed by atoms with E-state index < -0.39 is 28.5 Å². The summed E-state index contributed by atoms with van der Waals surface area (Å²) in [6, 6.07) is 11.2. The molecule has 0 aliphatic heterocycles. The smallest absolute Gasteiger partial charge is 0.244 e. The highest BCUT2D eigenvalue weighted by atomic mass is 35.5. The number of hydrogen-bond donors (Lipinski definition) is 1. The molecule has 0 aromatic heterocycles. The molecular formula is C25H33Cl2N3O4S. The number of carbonyl (C=O) groups is 2. The van der Waals surface area contributed by atoms with Gasteiger partial charge in [-0.2, -0.15) is 0 Å². The third kappa shape index (κ3) is 7.85. The van der Waals surface area contributed by atoms with E-state index in [1.807, 2.05) is 32.9 Å². The Labute approximate surface area is 218 Å². The Kier molecular flexibility index (Phi) is 10.4. The zero-order valence-corrected chi connectivity index (χ0v) is 23.0. The highest BCUT2D eigenvalue weighted by Gasteiger charge is 2.31. The fourth-order valence-corrected chi connectivity index (χ4v) is 4.80. The molecule has 192 valence electrons. The first-order chi connectivity index (χ1) is 16.4. The summed E-state index contributed by atoms with van der Waals surface area (Å²) in [4.78, 5) is 27.7. The molecule has 2 amide bonds. The molecule has 1 unspecified atom stereocenters. The molecule has 0 saturated carbocycles. The van der Waals surface area contributed by atoms with Gasteiger partial charge in [-0.3, -0.25) is 13.9 Å². The molecule has 0 aliphatic carbocycles. The van der Waals surface area contributed by atoms with E-state index in [2.05, 4.69) is 5.32 Å². The topological polar surface area (TPSA) is 86.8 Å². The Morgan fingerprint density at radius 3 is 2.26 bits per heavy atom. The van der Waals surface area contributed by atoms with E-state index in [9.17, 15) is 18.0 Å². The summed E-state index contributed by atoms with van der Waals surface area (Å²) in [5.74, 6) is -0.801. The van der Waals surface area contributed by atoms with Crippen LogP contribution in [0.25, 0.3) is 0 Å². The average molecular weight is 543 g/mol. The fourth-order valence-electron chi connectivity index (χ4n) is 3.61. The molecule has 0 bridgehead atoms. The van der Waals surface area contributed by atoms with Crippen molar-refractivity contribution >= 4 is 50.7 Å². The first-order valence-electron chi connectivity index (χ1n) is 11.4. The summed E-state index contributed by atoms with van der Waals surface area (Å²) >= 11 is 12.2. The minimum Gasteiger partial charge on any atom is -0.354 e. The molecule has 0 saturated heterocycles. The van der Waals surface area contributed by atoms with E-state index in [1.165, 1.54) is 4.90 Å². The number of nitrogens with one attached hydrogen (secondary N) is 1. The number of rotatable bonds is 11. The van der Waals surface area contributed by atoms with Gasteiger partial charge in [0.1, 0.15) is 12.6 Å². The number of sulfonamides is 1. The van der Waals surface area contributed by atoms with Crippen molar-refractivity contribution in [3.05, 3.63) is 63.6 Å². The second-order valence-corrected chi connectivity index (χ2v) is 11.4. The second-order valence-electron chi connectivity index (χ2n) is 8.72. The SMILES string of the molecule is CCCNC(=O)C(C)N(Cc1ccc(Cl)c(Cl)c1)C(=O)CN(c1ccccc1C(C)C)S(C)(=O)=O. The Morgan fingerprint density at radius 1 is 1.03 bits per heavy atom. The van der Waals surface area contributed by atoms with Gasteiger partial charge >= 0.3 is 0 Å². The summed E-state index contributed by atoms with van der Waals surface area (Å²) in [7, 11) is -3.80. The van der Waals surface area contributed by atoms with E-state index in [4.69, 9.17) is 23.2 Å². The van der Waals surface area contributed by atoms with Crippen LogP contribution in [-0.2, 0) is 26.2 Å². The maximum absolute atomic E-state index is 13.6. The molecule has 0 aliphatic rings. The lowest BCUT2D eigenvalue weighted by atomic mass is 10.0. The number of hydrogen-bond acceptors (Lipinski definition) is 4. The van der Waals surface area contributed by atoms with Gasteiger partial charge in [-0.25, -0.2) is 8.42 Å². The Balaban J connectivity index is 2.46. The number of amides is 2. The molecule has 35 heavy (non-hydrogen) atoms. The maximum atomic E-state index is 13.6. The van der Waals surface area contributed by atoms with Gasteiger partial charge in [-0.1, -0.05) is 68.2 Å². The number of halogens is 2. The van der Waals surface area contributed by atoms with Gasteiger partial charge in [0.2, 0.25) is 21.8 Å². The molecule has 0 radical (unpaired) electrons. The summed E-state index contributed by atoms with van der Waals surface area (Å²) < 4.78 is 26.7. The lowest BCUT2D eigenvalue weighted by molar-refractivity contribution is -0.139. The first-order valence-corrected chi connectivity index (χ1v) is 14.0. The van der Waals surface area contributed by atoms with Gasteiger partial charge in [0.15, 0.2) is 0 Å². The van der Waals surface area contributed by atoms with Crippen LogP contribution in [-0.4, -0.2) is 50.5 Å². The van der Waals surface area contributed by atoms with Crippen LogP contribution < -0.4 is 9.62 Å². The van der Waals surface area contributed by atoms with Crippen LogP contribution in [0, 0.1) is 0 Å². The van der Waals surface area contributed by atoms with Crippen molar-refractivity contribution in [2.24, 2.45) is 0 Å². The van der Waals surface area contributed by atoms with Crippen molar-refractivity contribution < 1.29 is 18.0 Å². The largest absolute Gasteiger partial charge is 0.354 e. The van der Waals surface area contributed by atoms with Crippen LogP contribution in [0.1, 0.15) is 51.2 Å². The molecule has 7 nitrogen and oxygen atoms in total. The predicted octanol–water partition coefficient (Wildman–Crippen LogP) is 4.83. The zero-order valence-electron chi connectivity index (χ0n) is 20.7. The fraction of sp³-hybridized carbons (Fsp3) is 0.440. The van der Waals surface area contributed by atoms with E-state index in [1.54, 1.807) is 37.3 Å². The number of benzene rings is 2. The first kappa shape index (κ1) is 28.9. The van der Waals surface area contributed by atoms with Crippen LogP contribution in [0.4, 0.5) is 5.69 Å². The van der Waals surface area contributed by atoms with Gasteiger partial charge < -0.3 is 10.2 Å².